The third kappa shape index (κ3) is 3.02. The number of aldehydes is 2. The molecule has 0 N–H and O–H groups in total. The molecule has 7 heteroatoms. The van der Waals surface area contributed by atoms with Crippen molar-refractivity contribution in [3.05, 3.63) is 28.8 Å². The minimum atomic E-state index is -3.17. The van der Waals surface area contributed by atoms with E-state index in [4.69, 9.17) is 0 Å². The molecule has 0 atom stereocenters. The monoisotopic (exact) mass is 250 g/mol. The lowest BCUT2D eigenvalue weighted by atomic mass is 10.0. The van der Waals surface area contributed by atoms with Crippen molar-refractivity contribution in [3.8, 4) is 5.75 Å². The summed E-state index contributed by atoms with van der Waals surface area (Å²) in [7, 11) is 0. The lowest BCUT2D eigenvalue weighted by Gasteiger charge is -2.10. The van der Waals surface area contributed by atoms with Crippen LogP contribution in [0.2, 0.25) is 0 Å². The van der Waals surface area contributed by atoms with Gasteiger partial charge in [-0.2, -0.15) is 8.78 Å². The second-order valence-corrected chi connectivity index (χ2v) is 2.93. The predicted molar refractivity (Wildman–Crippen MR) is 48.8 cm³/mol. The quantitative estimate of drug-likeness (QED) is 0.596. The van der Waals surface area contributed by atoms with Crippen molar-refractivity contribution >= 4 is 12.6 Å². The highest BCUT2D eigenvalue weighted by Crippen LogP contribution is 2.29. The van der Waals surface area contributed by atoms with E-state index in [1.807, 2.05) is 0 Å². The van der Waals surface area contributed by atoms with E-state index >= 15 is 0 Å². The maximum atomic E-state index is 12.5. The molecule has 0 saturated carbocycles. The number of hydrogen-bond donors (Lipinski definition) is 0. The Balaban J connectivity index is 3.33. The number of rotatable bonds is 5. The highest BCUT2D eigenvalue weighted by Gasteiger charge is 2.20. The number of alkyl halides is 4. The molecule has 92 valence electrons. The Morgan fingerprint density at radius 1 is 1.00 bits per heavy atom. The van der Waals surface area contributed by atoms with Crippen molar-refractivity contribution in [2.75, 3.05) is 0 Å². The Morgan fingerprint density at radius 3 is 1.76 bits per heavy atom. The van der Waals surface area contributed by atoms with E-state index in [0.29, 0.717) is 0 Å². The predicted octanol–water partition coefficient (Wildman–Crippen LogP) is 2.85. The van der Waals surface area contributed by atoms with Crippen molar-refractivity contribution in [1.82, 2.24) is 0 Å². The number of carbonyl (C=O) groups excluding carboxylic acids is 2. The van der Waals surface area contributed by atoms with Crippen LogP contribution in [0.1, 0.15) is 32.7 Å². The molecule has 0 unspecified atom stereocenters. The number of ether oxygens (including phenoxy) is 1. The average molecular weight is 250 g/mol. The summed E-state index contributed by atoms with van der Waals surface area (Å²) >= 11 is 0. The number of halogens is 4. The topological polar surface area (TPSA) is 43.4 Å². The zero-order valence-electron chi connectivity index (χ0n) is 8.20. The summed E-state index contributed by atoms with van der Waals surface area (Å²) in [5.74, 6) is -0.520. The van der Waals surface area contributed by atoms with Crippen LogP contribution in [0.25, 0.3) is 0 Å². The standard InChI is InChI=1S/C10H6F4O3/c11-9(12)8-5(3-15)1-7(17-10(13)14)2-6(8)4-16/h1-4,9-10H. The van der Waals surface area contributed by atoms with Gasteiger partial charge < -0.3 is 4.74 Å². The molecule has 3 nitrogen and oxygen atoms in total. The van der Waals surface area contributed by atoms with Crippen LogP contribution in [-0.4, -0.2) is 19.2 Å². The highest BCUT2D eigenvalue weighted by molar-refractivity contribution is 5.87. The van der Waals surface area contributed by atoms with E-state index in [1.54, 1.807) is 0 Å². The van der Waals surface area contributed by atoms with E-state index in [0.717, 1.165) is 12.1 Å². The largest absolute Gasteiger partial charge is 0.435 e. The van der Waals surface area contributed by atoms with Crippen LogP contribution in [0.15, 0.2) is 12.1 Å². The molecule has 0 spiro atoms. The number of benzene rings is 1. The van der Waals surface area contributed by atoms with E-state index in [-0.39, 0.29) is 12.6 Å². The fraction of sp³-hybridized carbons (Fsp3) is 0.200. The lowest BCUT2D eigenvalue weighted by Crippen LogP contribution is -2.06. The minimum absolute atomic E-state index is 0.0484. The third-order valence-corrected chi connectivity index (χ3v) is 1.91. The van der Waals surface area contributed by atoms with Gasteiger partial charge in [-0.05, 0) is 12.1 Å². The van der Waals surface area contributed by atoms with Crippen molar-refractivity contribution < 1.29 is 31.9 Å². The van der Waals surface area contributed by atoms with Gasteiger partial charge in [-0.3, -0.25) is 9.59 Å². The summed E-state index contributed by atoms with van der Waals surface area (Å²) in [6.45, 7) is -3.17. The van der Waals surface area contributed by atoms with Crippen LogP contribution in [0.4, 0.5) is 17.6 Å². The van der Waals surface area contributed by atoms with Gasteiger partial charge in [0.05, 0.1) is 0 Å². The van der Waals surface area contributed by atoms with Crippen LogP contribution in [0, 0.1) is 0 Å². The fourth-order valence-corrected chi connectivity index (χ4v) is 1.29. The average Bonchev–Trinajstić information content (AvgIpc) is 2.26. The van der Waals surface area contributed by atoms with Crippen LogP contribution in [-0.2, 0) is 0 Å². The molecular formula is C10H6F4O3. The van der Waals surface area contributed by atoms with Crippen LogP contribution >= 0.6 is 0 Å². The van der Waals surface area contributed by atoms with Gasteiger partial charge in [-0.1, -0.05) is 0 Å². The molecule has 0 aliphatic carbocycles. The van der Waals surface area contributed by atoms with Crippen molar-refractivity contribution in [3.63, 3.8) is 0 Å². The van der Waals surface area contributed by atoms with Gasteiger partial charge in [-0.25, -0.2) is 8.78 Å². The second-order valence-electron chi connectivity index (χ2n) is 2.93. The lowest BCUT2D eigenvalue weighted by molar-refractivity contribution is -0.0499. The molecule has 1 rings (SSSR count). The smallest absolute Gasteiger partial charge is 0.387 e. The second kappa shape index (κ2) is 5.42. The summed E-state index contributed by atoms with van der Waals surface area (Å²) < 4.78 is 52.8. The van der Waals surface area contributed by atoms with E-state index < -0.39 is 35.5 Å². The zero-order chi connectivity index (χ0) is 13.0. The van der Waals surface area contributed by atoms with Crippen LogP contribution in [0.5, 0.6) is 5.75 Å². The Labute approximate surface area is 93.0 Å². The van der Waals surface area contributed by atoms with Gasteiger partial charge in [0, 0.05) is 16.7 Å². The normalized spacial score (nSPS) is 10.7. The molecular weight excluding hydrogens is 244 g/mol. The summed E-state index contributed by atoms with van der Waals surface area (Å²) in [6, 6.07) is 1.46. The van der Waals surface area contributed by atoms with Crippen LogP contribution in [0.3, 0.4) is 0 Å². The first-order valence-electron chi connectivity index (χ1n) is 4.30. The number of hydrogen-bond acceptors (Lipinski definition) is 3. The molecule has 0 fully saturated rings. The molecule has 0 bridgehead atoms. The van der Waals surface area contributed by atoms with E-state index in [1.165, 1.54) is 0 Å². The molecule has 1 aromatic rings. The van der Waals surface area contributed by atoms with E-state index in [9.17, 15) is 27.2 Å². The van der Waals surface area contributed by atoms with E-state index in [2.05, 4.69) is 4.74 Å². The molecule has 0 radical (unpaired) electrons. The van der Waals surface area contributed by atoms with Gasteiger partial charge in [0.2, 0.25) is 0 Å². The third-order valence-electron chi connectivity index (χ3n) is 1.91. The van der Waals surface area contributed by atoms with Crippen molar-refractivity contribution in [2.24, 2.45) is 0 Å². The Bertz CT molecular complexity index is 403. The Morgan fingerprint density at radius 2 is 1.47 bits per heavy atom. The molecule has 17 heavy (non-hydrogen) atoms. The fourth-order valence-electron chi connectivity index (χ4n) is 1.29. The van der Waals surface area contributed by atoms with Gasteiger partial charge in [0.15, 0.2) is 12.6 Å². The molecule has 0 aromatic heterocycles. The van der Waals surface area contributed by atoms with Crippen molar-refractivity contribution in [2.45, 2.75) is 13.0 Å². The van der Waals surface area contributed by atoms with Gasteiger partial charge in [-0.15, -0.1) is 0 Å². The zero-order valence-corrected chi connectivity index (χ0v) is 8.20. The Kier molecular flexibility index (Phi) is 4.19. The van der Waals surface area contributed by atoms with Crippen molar-refractivity contribution in [1.29, 1.82) is 0 Å². The first-order chi connectivity index (χ1) is 7.99. The minimum Gasteiger partial charge on any atom is -0.435 e. The van der Waals surface area contributed by atoms with Gasteiger partial charge in [0.1, 0.15) is 5.75 Å². The summed E-state index contributed by atoms with van der Waals surface area (Å²) in [4.78, 5) is 21.1. The summed E-state index contributed by atoms with van der Waals surface area (Å²) in [5.41, 5.74) is -1.91. The molecule has 0 heterocycles. The maximum Gasteiger partial charge on any atom is 0.387 e. The molecule has 0 saturated heterocycles. The number of carbonyl (C=O) groups is 2. The molecule has 0 aliphatic heterocycles. The first kappa shape index (κ1) is 13.1. The SMILES string of the molecule is O=Cc1cc(OC(F)F)cc(C=O)c1C(F)F. The highest BCUT2D eigenvalue weighted by atomic mass is 19.3. The van der Waals surface area contributed by atoms with Gasteiger partial charge >= 0.3 is 6.61 Å². The Hall–Kier alpha value is -1.92. The first-order valence-corrected chi connectivity index (χ1v) is 4.30. The summed E-state index contributed by atoms with van der Waals surface area (Å²) in [6.07, 6.45) is -2.96. The molecule has 0 amide bonds. The van der Waals surface area contributed by atoms with Crippen LogP contribution < -0.4 is 4.74 Å². The summed E-state index contributed by atoms with van der Waals surface area (Å²) in [5, 5.41) is 0. The molecule has 1 aromatic carbocycles. The molecule has 0 aliphatic rings. The maximum absolute atomic E-state index is 12.5. The van der Waals surface area contributed by atoms with Gasteiger partial charge in [0.25, 0.3) is 6.43 Å².